The van der Waals surface area contributed by atoms with Crippen LogP contribution < -0.4 is 0 Å². The minimum absolute atomic E-state index is 0.396. The first kappa shape index (κ1) is 87.2. The summed E-state index contributed by atoms with van der Waals surface area (Å²) in [6.45, 7) is 46.8. The molecule has 0 N–H and O–H groups in total. The van der Waals surface area contributed by atoms with E-state index in [1.165, 1.54) is 40.5 Å². The molecular formula is C81H114N18. The fraction of sp³-hybridized carbons (Fsp3) is 0.407. The molecule has 0 aliphatic rings. The first-order chi connectivity index (χ1) is 47.3. The van der Waals surface area contributed by atoms with Gasteiger partial charge in [-0.25, -0.2) is 44.9 Å². The molecule has 0 bridgehead atoms. The van der Waals surface area contributed by atoms with E-state index in [0.29, 0.717) is 65.1 Å². The van der Waals surface area contributed by atoms with Gasteiger partial charge in [-0.2, -0.15) is 20.4 Å². The van der Waals surface area contributed by atoms with Crippen molar-refractivity contribution in [2.24, 2.45) is 0 Å². The second-order valence-corrected chi connectivity index (χ2v) is 25.8. The summed E-state index contributed by atoms with van der Waals surface area (Å²) in [5, 5.41) is 15.1. The van der Waals surface area contributed by atoms with Gasteiger partial charge in [0.25, 0.3) is 0 Å². The molecule has 10 heterocycles. The van der Waals surface area contributed by atoms with Gasteiger partial charge in [-0.3, -0.25) is 24.9 Å². The van der Waals surface area contributed by atoms with Crippen molar-refractivity contribution >= 4 is 0 Å². The van der Waals surface area contributed by atoms with Crippen molar-refractivity contribution < 1.29 is 0 Å². The Kier molecular flexibility index (Phi) is 47.7. The standard InChI is InChI=1S/C9H12.3C8H11N.6C7H10N2.C6H9N3/c1-8(2)9-6-4-3-5-7-9;1-7(2)8-3-5-9-6-4-8;1-7(2)8-4-3-5-9-6-8;1-7(2)8-5-3-4-6-9-8;1-6(2)7-3-8-5-9-4-7;1-6(2)7-5-8-3-4-9-7;1-6(2)7-3-4-8-5-9-7;1-6(2)7-3-4-8-9-5-7;1-6(2)7-8-4-3-5-9-7;1-6(2)7-4-3-5-8-9-7;1-5(2)6-8-3-7-4-9-6/h3-8H,1-2H3;3*3-7H,1-2H3;6*3-6H,1-2H3;3-5H,1-2H3. The molecule has 99 heavy (non-hydrogen) atoms. The number of benzene rings is 1. The van der Waals surface area contributed by atoms with Crippen LogP contribution >= 0.6 is 0 Å². The zero-order valence-electron chi connectivity index (χ0n) is 63.3. The Morgan fingerprint density at radius 2 is 0.636 bits per heavy atom. The molecule has 528 valence electrons. The summed E-state index contributed by atoms with van der Waals surface area (Å²) in [6, 6.07) is 34.3. The topological polar surface area (TPSA) is 232 Å². The van der Waals surface area contributed by atoms with Crippen molar-refractivity contribution in [1.29, 1.82) is 0 Å². The van der Waals surface area contributed by atoms with E-state index in [-0.39, 0.29) is 0 Å². The summed E-state index contributed by atoms with van der Waals surface area (Å²) in [7, 11) is 0. The summed E-state index contributed by atoms with van der Waals surface area (Å²) in [5.41, 5.74) is 10.9. The number of nitrogens with zero attached hydrogens (tertiary/aromatic N) is 18. The molecule has 0 amide bonds. The molecule has 0 fully saturated rings. The minimum Gasteiger partial charge on any atom is -0.265 e. The zero-order valence-corrected chi connectivity index (χ0v) is 63.3. The lowest BCUT2D eigenvalue weighted by Crippen LogP contribution is -1.95. The average molecular weight is 1340 g/mol. The van der Waals surface area contributed by atoms with Crippen LogP contribution in [-0.4, -0.2) is 90.2 Å². The van der Waals surface area contributed by atoms with Crippen molar-refractivity contribution in [3.8, 4) is 0 Å². The highest BCUT2D eigenvalue weighted by molar-refractivity contribution is 5.18. The Morgan fingerprint density at radius 3 is 0.970 bits per heavy atom. The number of pyridine rings is 3. The first-order valence-electron chi connectivity index (χ1n) is 34.3. The van der Waals surface area contributed by atoms with Crippen LogP contribution in [0.25, 0.3) is 0 Å². The fourth-order valence-corrected chi connectivity index (χ4v) is 7.30. The van der Waals surface area contributed by atoms with E-state index in [9.17, 15) is 0 Å². The molecule has 10 aromatic heterocycles. The maximum Gasteiger partial charge on any atom is 0.134 e. The molecule has 0 atom stereocenters. The minimum atomic E-state index is 0.396. The number of rotatable bonds is 11. The summed E-state index contributed by atoms with van der Waals surface area (Å²) in [6.07, 6.45) is 34.7. The number of aromatic nitrogens is 18. The van der Waals surface area contributed by atoms with Gasteiger partial charge in [0.05, 0.1) is 17.6 Å². The summed E-state index contributed by atoms with van der Waals surface area (Å²) < 4.78 is 0. The van der Waals surface area contributed by atoms with Crippen molar-refractivity contribution in [2.45, 2.75) is 217 Å². The van der Waals surface area contributed by atoms with Crippen molar-refractivity contribution in [2.75, 3.05) is 0 Å². The molecule has 18 heteroatoms. The lowest BCUT2D eigenvalue weighted by atomic mass is 10.0. The molecular weight excluding hydrogens is 1230 g/mol. The maximum absolute atomic E-state index is 4.18. The van der Waals surface area contributed by atoms with Crippen LogP contribution in [0.1, 0.15) is 280 Å². The second kappa shape index (κ2) is 54.2. The Bertz CT molecular complexity index is 2680. The third-order valence-corrected chi connectivity index (χ3v) is 13.7. The molecule has 0 aliphatic carbocycles. The highest BCUT2D eigenvalue weighted by atomic mass is 15.1. The first-order valence-corrected chi connectivity index (χ1v) is 34.3. The van der Waals surface area contributed by atoms with Gasteiger partial charge >= 0.3 is 0 Å². The van der Waals surface area contributed by atoms with E-state index >= 15 is 0 Å². The summed E-state index contributed by atoms with van der Waals surface area (Å²) in [5.74, 6) is 7.59. The third-order valence-electron chi connectivity index (χ3n) is 13.7. The molecule has 0 saturated heterocycles. The average Bonchev–Trinajstić information content (AvgIpc) is 3.74. The largest absolute Gasteiger partial charge is 0.265 e. The van der Waals surface area contributed by atoms with Gasteiger partial charge in [0.1, 0.15) is 37.0 Å². The van der Waals surface area contributed by atoms with Gasteiger partial charge in [-0.05, 0) is 142 Å². The van der Waals surface area contributed by atoms with E-state index in [1.807, 2.05) is 110 Å². The van der Waals surface area contributed by atoms with Gasteiger partial charge < -0.3 is 0 Å². The highest BCUT2D eigenvalue weighted by Crippen LogP contribution is 2.16. The highest BCUT2D eigenvalue weighted by Gasteiger charge is 2.03. The molecule has 0 radical (unpaired) electrons. The zero-order chi connectivity index (χ0) is 73.6. The van der Waals surface area contributed by atoms with Crippen LogP contribution in [0.5, 0.6) is 0 Å². The Labute approximate surface area is 594 Å². The SMILES string of the molecule is CC(C)c1ccccc1.CC(C)c1ccccn1.CC(C)c1cccnc1.CC(C)c1cccnn1.CC(C)c1ccncc1.CC(C)c1ccncn1.CC(C)c1ccnnc1.CC(C)c1cnccn1.CC(C)c1cncnc1.CC(C)c1ncccn1.CC(C)c1ncncn1. The summed E-state index contributed by atoms with van der Waals surface area (Å²) >= 11 is 0. The molecule has 0 unspecified atom stereocenters. The normalized spacial score (nSPS) is 10.1. The van der Waals surface area contributed by atoms with Crippen molar-refractivity contribution in [1.82, 2.24) is 90.2 Å². The molecule has 0 spiro atoms. The van der Waals surface area contributed by atoms with Crippen LogP contribution in [0.3, 0.4) is 0 Å². The van der Waals surface area contributed by atoms with Crippen LogP contribution in [0.4, 0.5) is 0 Å². The van der Waals surface area contributed by atoms with E-state index in [1.54, 1.807) is 74.6 Å². The van der Waals surface area contributed by atoms with E-state index < -0.39 is 0 Å². The lowest BCUT2D eigenvalue weighted by molar-refractivity contribution is 0.759. The number of hydrogen-bond donors (Lipinski definition) is 0. The molecule has 1 aromatic carbocycles. The Morgan fingerprint density at radius 1 is 0.192 bits per heavy atom. The van der Waals surface area contributed by atoms with Gasteiger partial charge in [0.15, 0.2) is 0 Å². The predicted octanol–water partition coefficient (Wildman–Crippen LogP) is 20.0. The van der Waals surface area contributed by atoms with Crippen LogP contribution in [0.15, 0.2) is 228 Å². The van der Waals surface area contributed by atoms with Gasteiger partial charge in [0.2, 0.25) is 0 Å². The Balaban J connectivity index is 0.000000544. The number of hydrogen-bond acceptors (Lipinski definition) is 18. The van der Waals surface area contributed by atoms with Gasteiger partial charge in [-0.15, -0.1) is 0 Å². The van der Waals surface area contributed by atoms with Crippen molar-refractivity contribution in [3.63, 3.8) is 0 Å². The van der Waals surface area contributed by atoms with E-state index in [0.717, 1.165) is 34.4 Å². The second-order valence-electron chi connectivity index (χ2n) is 25.8. The van der Waals surface area contributed by atoms with Crippen LogP contribution in [0, 0.1) is 0 Å². The monoisotopic (exact) mass is 1340 g/mol. The molecule has 0 aliphatic heterocycles. The fourth-order valence-electron chi connectivity index (χ4n) is 7.30. The Hall–Kier alpha value is -9.84. The lowest BCUT2D eigenvalue weighted by Gasteiger charge is -2.01. The maximum atomic E-state index is 4.18. The summed E-state index contributed by atoms with van der Waals surface area (Å²) in [4.78, 5) is 55.6. The van der Waals surface area contributed by atoms with Crippen LogP contribution in [0.2, 0.25) is 0 Å². The van der Waals surface area contributed by atoms with Crippen molar-refractivity contribution in [3.05, 3.63) is 290 Å². The molecule has 11 rings (SSSR count). The third kappa shape index (κ3) is 43.9. The molecule has 18 nitrogen and oxygen atoms in total. The molecule has 11 aromatic rings. The van der Waals surface area contributed by atoms with E-state index in [4.69, 9.17) is 0 Å². The quantitative estimate of drug-likeness (QED) is 0.117. The van der Waals surface area contributed by atoms with Crippen LogP contribution in [-0.2, 0) is 0 Å². The van der Waals surface area contributed by atoms with E-state index in [2.05, 4.69) is 273 Å². The predicted molar refractivity (Wildman–Crippen MR) is 406 cm³/mol. The van der Waals surface area contributed by atoms with Gasteiger partial charge in [-0.1, -0.05) is 195 Å². The van der Waals surface area contributed by atoms with Gasteiger partial charge in [0, 0.05) is 116 Å². The molecule has 0 saturated carbocycles. The smallest absolute Gasteiger partial charge is 0.134 e.